The summed E-state index contributed by atoms with van der Waals surface area (Å²) in [5, 5.41) is 0. The van der Waals surface area contributed by atoms with Crippen molar-refractivity contribution in [1.82, 2.24) is 4.98 Å². The Hall–Kier alpha value is -1.30. The maximum Gasteiger partial charge on any atom is 0.405 e. The lowest BCUT2D eigenvalue weighted by Crippen LogP contribution is -2.39. The van der Waals surface area contributed by atoms with Gasteiger partial charge < -0.3 is 10.6 Å². The van der Waals surface area contributed by atoms with Gasteiger partial charge in [0.2, 0.25) is 0 Å². The second-order valence-corrected chi connectivity index (χ2v) is 4.05. The summed E-state index contributed by atoms with van der Waals surface area (Å²) in [6.45, 7) is 2.61. The van der Waals surface area contributed by atoms with E-state index in [1.807, 2.05) is 0 Å². The average Bonchev–Trinajstić information content (AvgIpc) is 2.24. The highest BCUT2D eigenvalue weighted by atomic mass is 19.4. The molecule has 2 N–H and O–H groups in total. The molecule has 1 rings (SSSR count). The molecule has 0 fully saturated rings. The Morgan fingerprint density at radius 1 is 1.41 bits per heavy atom. The molecule has 96 valence electrons. The highest BCUT2D eigenvalue weighted by Gasteiger charge is 2.32. The third-order valence-corrected chi connectivity index (χ3v) is 2.39. The lowest BCUT2D eigenvalue weighted by Gasteiger charge is -2.31. The summed E-state index contributed by atoms with van der Waals surface area (Å²) in [6, 6.07) is 1.37. The lowest BCUT2D eigenvalue weighted by atomic mass is 10.1. The minimum absolute atomic E-state index is 0.193. The molecule has 0 amide bonds. The molecule has 0 aliphatic carbocycles. The van der Waals surface area contributed by atoms with Gasteiger partial charge in [0, 0.05) is 18.8 Å². The van der Waals surface area contributed by atoms with Gasteiger partial charge in [0.05, 0.1) is 11.9 Å². The van der Waals surface area contributed by atoms with Gasteiger partial charge in [-0.25, -0.2) is 0 Å². The summed E-state index contributed by atoms with van der Waals surface area (Å²) in [5.41, 5.74) is 6.63. The molecule has 0 radical (unpaired) electrons. The van der Waals surface area contributed by atoms with Crippen molar-refractivity contribution in [3.05, 3.63) is 24.0 Å². The number of rotatable bonds is 4. The fourth-order valence-corrected chi connectivity index (χ4v) is 1.59. The van der Waals surface area contributed by atoms with Gasteiger partial charge in [-0.3, -0.25) is 4.98 Å². The molecule has 1 heterocycles. The van der Waals surface area contributed by atoms with Crippen LogP contribution in [0.5, 0.6) is 0 Å². The van der Waals surface area contributed by atoms with Crippen molar-refractivity contribution >= 4 is 5.69 Å². The van der Waals surface area contributed by atoms with Crippen LogP contribution in [0.25, 0.3) is 0 Å². The van der Waals surface area contributed by atoms with Crippen molar-refractivity contribution < 1.29 is 13.2 Å². The number of halogens is 3. The number of nitrogens with two attached hydrogens (primary N) is 1. The molecule has 0 aromatic carbocycles. The monoisotopic (exact) mass is 247 g/mol. The Morgan fingerprint density at radius 2 is 2.06 bits per heavy atom. The molecule has 0 aliphatic rings. The Bertz CT molecular complexity index is 363. The van der Waals surface area contributed by atoms with Crippen LogP contribution < -0.4 is 10.6 Å². The van der Waals surface area contributed by atoms with Crippen molar-refractivity contribution in [3.63, 3.8) is 0 Å². The smallest absolute Gasteiger partial charge is 0.359 e. The van der Waals surface area contributed by atoms with E-state index in [1.165, 1.54) is 17.3 Å². The number of hydrogen-bond acceptors (Lipinski definition) is 3. The molecule has 0 bridgehead atoms. The van der Waals surface area contributed by atoms with Crippen LogP contribution in [0.2, 0.25) is 0 Å². The minimum atomic E-state index is -4.24. The molecule has 6 heteroatoms. The molecule has 0 saturated heterocycles. The van der Waals surface area contributed by atoms with E-state index in [0.717, 1.165) is 0 Å². The molecule has 1 aromatic heterocycles. The minimum Gasteiger partial charge on any atom is -0.359 e. The van der Waals surface area contributed by atoms with E-state index in [2.05, 4.69) is 4.98 Å². The molecule has 0 aliphatic heterocycles. The molecular formula is C11H16F3N3. The summed E-state index contributed by atoms with van der Waals surface area (Å²) >= 11 is 0. The van der Waals surface area contributed by atoms with E-state index in [4.69, 9.17) is 5.73 Å². The number of alkyl halides is 3. The molecule has 0 spiro atoms. The predicted octanol–water partition coefficient (Wildman–Crippen LogP) is 2.32. The van der Waals surface area contributed by atoms with E-state index in [1.54, 1.807) is 19.9 Å². The third-order valence-electron chi connectivity index (χ3n) is 2.39. The van der Waals surface area contributed by atoms with Crippen molar-refractivity contribution in [3.8, 4) is 0 Å². The highest BCUT2D eigenvalue weighted by Crippen LogP contribution is 2.26. The van der Waals surface area contributed by atoms with Gasteiger partial charge in [-0.2, -0.15) is 13.2 Å². The fourth-order valence-electron chi connectivity index (χ4n) is 1.59. The van der Waals surface area contributed by atoms with Crippen LogP contribution in [0.1, 0.15) is 19.4 Å². The molecule has 3 nitrogen and oxygen atoms in total. The van der Waals surface area contributed by atoms with Crippen LogP contribution in [0.4, 0.5) is 18.9 Å². The lowest BCUT2D eigenvalue weighted by molar-refractivity contribution is -0.120. The normalized spacial score (nSPS) is 11.9. The van der Waals surface area contributed by atoms with Crippen molar-refractivity contribution in [1.29, 1.82) is 0 Å². The van der Waals surface area contributed by atoms with Crippen LogP contribution in [0.15, 0.2) is 18.5 Å². The summed E-state index contributed by atoms with van der Waals surface area (Å²) in [5.74, 6) is 0. The highest BCUT2D eigenvalue weighted by molar-refractivity contribution is 5.52. The predicted molar refractivity (Wildman–Crippen MR) is 60.7 cm³/mol. The number of anilines is 1. The van der Waals surface area contributed by atoms with Crippen LogP contribution >= 0.6 is 0 Å². The third kappa shape index (κ3) is 3.89. The molecule has 0 saturated carbocycles. The molecule has 0 atom stereocenters. The van der Waals surface area contributed by atoms with Gasteiger partial charge in [0.1, 0.15) is 6.54 Å². The average molecular weight is 247 g/mol. The summed E-state index contributed by atoms with van der Waals surface area (Å²) < 4.78 is 37.5. The Balaban J connectivity index is 3.05. The number of aromatic nitrogens is 1. The van der Waals surface area contributed by atoms with Gasteiger partial charge in [0.25, 0.3) is 0 Å². The summed E-state index contributed by atoms with van der Waals surface area (Å²) in [6.07, 6.45) is -1.29. The first-order valence-corrected chi connectivity index (χ1v) is 5.31. The van der Waals surface area contributed by atoms with E-state index in [0.29, 0.717) is 11.3 Å². The largest absolute Gasteiger partial charge is 0.405 e. The molecule has 17 heavy (non-hydrogen) atoms. The maximum absolute atomic E-state index is 12.5. The second kappa shape index (κ2) is 5.35. The molecular weight excluding hydrogens is 231 g/mol. The number of pyridine rings is 1. The van der Waals surface area contributed by atoms with Crippen molar-refractivity contribution in [2.75, 3.05) is 11.4 Å². The van der Waals surface area contributed by atoms with Crippen LogP contribution in [0, 0.1) is 0 Å². The quantitative estimate of drug-likeness (QED) is 0.887. The van der Waals surface area contributed by atoms with Crippen molar-refractivity contribution in [2.24, 2.45) is 5.73 Å². The number of hydrogen-bond donors (Lipinski definition) is 1. The van der Waals surface area contributed by atoms with Gasteiger partial charge in [-0.05, 0) is 25.5 Å². The Labute approximate surface area is 98.4 Å². The zero-order valence-corrected chi connectivity index (χ0v) is 9.83. The maximum atomic E-state index is 12.5. The standard InChI is InChI=1S/C11H16F3N3/c1-8(2)17(7-11(12,13)14)10-6-16-4-3-9(10)5-15/h3-4,6,8H,5,7,15H2,1-2H3. The second-order valence-electron chi connectivity index (χ2n) is 4.05. The van der Waals surface area contributed by atoms with Crippen LogP contribution in [-0.2, 0) is 6.54 Å². The van der Waals surface area contributed by atoms with Gasteiger partial charge in [-0.15, -0.1) is 0 Å². The van der Waals surface area contributed by atoms with E-state index >= 15 is 0 Å². The van der Waals surface area contributed by atoms with Gasteiger partial charge in [-0.1, -0.05) is 0 Å². The van der Waals surface area contributed by atoms with Crippen molar-refractivity contribution in [2.45, 2.75) is 32.6 Å². The van der Waals surface area contributed by atoms with Gasteiger partial charge >= 0.3 is 6.18 Å². The van der Waals surface area contributed by atoms with E-state index in [9.17, 15) is 13.2 Å². The summed E-state index contributed by atoms with van der Waals surface area (Å²) in [4.78, 5) is 5.12. The van der Waals surface area contributed by atoms with E-state index in [-0.39, 0.29) is 12.6 Å². The zero-order valence-electron chi connectivity index (χ0n) is 9.83. The Kier molecular flexibility index (Phi) is 4.34. The number of nitrogens with zero attached hydrogens (tertiary/aromatic N) is 2. The Morgan fingerprint density at radius 3 is 2.53 bits per heavy atom. The van der Waals surface area contributed by atoms with Crippen LogP contribution in [-0.4, -0.2) is 23.7 Å². The molecule has 1 aromatic rings. The first-order valence-electron chi connectivity index (χ1n) is 5.31. The fraction of sp³-hybridized carbons (Fsp3) is 0.545. The van der Waals surface area contributed by atoms with Gasteiger partial charge in [0.15, 0.2) is 0 Å². The summed E-state index contributed by atoms with van der Waals surface area (Å²) in [7, 11) is 0. The first kappa shape index (κ1) is 13.8. The topological polar surface area (TPSA) is 42.2 Å². The molecule has 0 unspecified atom stereocenters. The first-order chi connectivity index (χ1) is 7.85. The zero-order chi connectivity index (χ0) is 13.1. The van der Waals surface area contributed by atoms with E-state index < -0.39 is 12.7 Å². The van der Waals surface area contributed by atoms with Crippen LogP contribution in [0.3, 0.4) is 0 Å². The SMILES string of the molecule is CC(C)N(CC(F)(F)F)c1cnccc1CN.